The van der Waals surface area contributed by atoms with Crippen molar-refractivity contribution in [2.75, 3.05) is 5.75 Å². The van der Waals surface area contributed by atoms with Crippen LogP contribution in [0.4, 0.5) is 0 Å². The molecule has 0 aromatic carbocycles. The fourth-order valence-corrected chi connectivity index (χ4v) is 1.20. The average molecular weight is 160 g/mol. The zero-order chi connectivity index (χ0) is 7.98. The van der Waals surface area contributed by atoms with Gasteiger partial charge in [-0.3, -0.25) is 4.79 Å². The highest BCUT2D eigenvalue weighted by molar-refractivity contribution is 8.00. The molecule has 0 aliphatic rings. The summed E-state index contributed by atoms with van der Waals surface area (Å²) in [6.07, 6.45) is 2.05. The van der Waals surface area contributed by atoms with Crippen LogP contribution in [0.2, 0.25) is 0 Å². The van der Waals surface area contributed by atoms with Gasteiger partial charge in [-0.1, -0.05) is 6.08 Å². The number of hydrogen-bond donors (Lipinski definition) is 1. The lowest BCUT2D eigenvalue weighted by Crippen LogP contribution is -1.99. The summed E-state index contributed by atoms with van der Waals surface area (Å²) in [6.45, 7) is 5.59. The fourth-order valence-electron chi connectivity index (χ4n) is 0.400. The molecule has 1 unspecified atom stereocenters. The van der Waals surface area contributed by atoms with Crippen LogP contribution in [0.25, 0.3) is 0 Å². The van der Waals surface area contributed by atoms with Crippen LogP contribution in [0.1, 0.15) is 13.3 Å². The SMILES string of the molecule is C=CC(C)SCCC(=O)O. The van der Waals surface area contributed by atoms with Crippen molar-refractivity contribution < 1.29 is 9.90 Å². The molecule has 0 spiro atoms. The molecule has 0 amide bonds. The molecule has 2 nitrogen and oxygen atoms in total. The van der Waals surface area contributed by atoms with Crippen molar-refractivity contribution in [1.82, 2.24) is 0 Å². The highest BCUT2D eigenvalue weighted by Gasteiger charge is 1.99. The quantitative estimate of drug-likeness (QED) is 0.623. The van der Waals surface area contributed by atoms with Crippen LogP contribution in [-0.4, -0.2) is 22.1 Å². The van der Waals surface area contributed by atoms with Gasteiger partial charge in [0.1, 0.15) is 0 Å². The highest BCUT2D eigenvalue weighted by atomic mass is 32.2. The largest absolute Gasteiger partial charge is 0.481 e. The number of carbonyl (C=O) groups is 1. The molecular weight excluding hydrogens is 148 g/mol. The lowest BCUT2D eigenvalue weighted by molar-refractivity contribution is -0.136. The van der Waals surface area contributed by atoms with Crippen molar-refractivity contribution in [3.63, 3.8) is 0 Å². The monoisotopic (exact) mass is 160 g/mol. The van der Waals surface area contributed by atoms with E-state index in [1.165, 1.54) is 0 Å². The van der Waals surface area contributed by atoms with E-state index in [4.69, 9.17) is 5.11 Å². The smallest absolute Gasteiger partial charge is 0.304 e. The molecule has 0 aliphatic heterocycles. The Kier molecular flexibility index (Phi) is 5.12. The first-order valence-corrected chi connectivity index (χ1v) is 4.17. The van der Waals surface area contributed by atoms with E-state index in [0.29, 0.717) is 11.0 Å². The average Bonchev–Trinajstić information content (AvgIpc) is 1.87. The summed E-state index contributed by atoms with van der Waals surface area (Å²) < 4.78 is 0. The number of thioether (sulfide) groups is 1. The maximum atomic E-state index is 10.0. The van der Waals surface area contributed by atoms with Gasteiger partial charge in [0.15, 0.2) is 0 Å². The molecular formula is C7H12O2S. The van der Waals surface area contributed by atoms with E-state index in [0.717, 1.165) is 0 Å². The van der Waals surface area contributed by atoms with Crippen molar-refractivity contribution in [1.29, 1.82) is 0 Å². The number of carboxylic acids is 1. The summed E-state index contributed by atoms with van der Waals surface area (Å²) in [5, 5.41) is 8.62. The van der Waals surface area contributed by atoms with Crippen molar-refractivity contribution in [3.8, 4) is 0 Å². The Morgan fingerprint density at radius 3 is 2.90 bits per heavy atom. The molecule has 0 aromatic rings. The second-order valence-electron chi connectivity index (χ2n) is 1.96. The van der Waals surface area contributed by atoms with Crippen LogP contribution in [0.15, 0.2) is 12.7 Å². The summed E-state index contributed by atoms with van der Waals surface area (Å²) in [5.41, 5.74) is 0. The Morgan fingerprint density at radius 1 is 1.90 bits per heavy atom. The number of aliphatic carboxylic acids is 1. The highest BCUT2D eigenvalue weighted by Crippen LogP contribution is 2.11. The third-order valence-corrected chi connectivity index (χ3v) is 2.19. The summed E-state index contributed by atoms with van der Waals surface area (Å²) in [7, 11) is 0. The van der Waals surface area contributed by atoms with Gasteiger partial charge < -0.3 is 5.11 Å². The van der Waals surface area contributed by atoms with E-state index >= 15 is 0 Å². The van der Waals surface area contributed by atoms with E-state index < -0.39 is 5.97 Å². The lowest BCUT2D eigenvalue weighted by atomic mass is 10.5. The minimum Gasteiger partial charge on any atom is -0.481 e. The predicted molar refractivity (Wildman–Crippen MR) is 44.4 cm³/mol. The molecule has 0 rings (SSSR count). The standard InChI is InChI=1S/C7H12O2S/c1-3-6(2)10-5-4-7(8)9/h3,6H,1,4-5H2,2H3,(H,8,9). The Hall–Kier alpha value is -0.440. The molecule has 0 heterocycles. The molecule has 0 aromatic heterocycles. The lowest BCUT2D eigenvalue weighted by Gasteiger charge is -2.01. The third-order valence-electron chi connectivity index (χ3n) is 1.03. The van der Waals surface area contributed by atoms with E-state index in [1.807, 2.05) is 13.0 Å². The van der Waals surface area contributed by atoms with Crippen LogP contribution in [0, 0.1) is 0 Å². The van der Waals surface area contributed by atoms with Crippen LogP contribution in [0.3, 0.4) is 0 Å². The Bertz CT molecular complexity index is 123. The minimum absolute atomic E-state index is 0.239. The molecule has 0 fully saturated rings. The molecule has 0 bridgehead atoms. The van der Waals surface area contributed by atoms with Gasteiger partial charge in [0.2, 0.25) is 0 Å². The Labute approximate surface area is 65.3 Å². The maximum absolute atomic E-state index is 10.0. The predicted octanol–water partition coefficient (Wildman–Crippen LogP) is 1.77. The molecule has 1 N–H and O–H groups in total. The van der Waals surface area contributed by atoms with Gasteiger partial charge in [0.05, 0.1) is 6.42 Å². The summed E-state index contributed by atoms with van der Waals surface area (Å²) >= 11 is 1.61. The Balaban J connectivity index is 3.19. The topological polar surface area (TPSA) is 37.3 Å². The van der Waals surface area contributed by atoms with Gasteiger partial charge in [-0.2, -0.15) is 11.8 Å². The molecule has 1 atom stereocenters. The first-order valence-electron chi connectivity index (χ1n) is 3.12. The second kappa shape index (κ2) is 5.35. The summed E-state index contributed by atoms with van der Waals surface area (Å²) in [6, 6.07) is 0. The minimum atomic E-state index is -0.733. The van der Waals surface area contributed by atoms with Crippen LogP contribution in [0.5, 0.6) is 0 Å². The van der Waals surface area contributed by atoms with Gasteiger partial charge in [-0.05, 0) is 6.92 Å². The van der Waals surface area contributed by atoms with E-state index in [-0.39, 0.29) is 6.42 Å². The summed E-state index contributed by atoms with van der Waals surface area (Å²) in [5.74, 6) is -0.0635. The van der Waals surface area contributed by atoms with Crippen molar-refractivity contribution in [3.05, 3.63) is 12.7 Å². The molecule has 0 aliphatic carbocycles. The third kappa shape index (κ3) is 5.69. The number of carboxylic acid groups (broad SMARTS) is 1. The van der Waals surface area contributed by atoms with Gasteiger partial charge in [0.25, 0.3) is 0 Å². The fraction of sp³-hybridized carbons (Fsp3) is 0.571. The second-order valence-corrected chi connectivity index (χ2v) is 3.44. The van der Waals surface area contributed by atoms with E-state index in [9.17, 15) is 4.79 Å². The molecule has 0 saturated carbocycles. The zero-order valence-electron chi connectivity index (χ0n) is 6.04. The normalized spacial score (nSPS) is 12.5. The van der Waals surface area contributed by atoms with Crippen molar-refractivity contribution >= 4 is 17.7 Å². The zero-order valence-corrected chi connectivity index (χ0v) is 6.86. The molecule has 58 valence electrons. The van der Waals surface area contributed by atoms with E-state index in [2.05, 4.69) is 6.58 Å². The van der Waals surface area contributed by atoms with Crippen LogP contribution >= 0.6 is 11.8 Å². The van der Waals surface area contributed by atoms with E-state index in [1.54, 1.807) is 11.8 Å². The van der Waals surface area contributed by atoms with Gasteiger partial charge in [-0.15, -0.1) is 6.58 Å². The first-order chi connectivity index (χ1) is 4.66. The maximum Gasteiger partial charge on any atom is 0.304 e. The van der Waals surface area contributed by atoms with Gasteiger partial charge in [-0.25, -0.2) is 0 Å². The molecule has 10 heavy (non-hydrogen) atoms. The van der Waals surface area contributed by atoms with Gasteiger partial charge in [0, 0.05) is 11.0 Å². The van der Waals surface area contributed by atoms with Crippen LogP contribution < -0.4 is 0 Å². The molecule has 3 heteroatoms. The van der Waals surface area contributed by atoms with Gasteiger partial charge >= 0.3 is 5.97 Å². The van der Waals surface area contributed by atoms with Crippen LogP contribution in [-0.2, 0) is 4.79 Å². The summed E-state index contributed by atoms with van der Waals surface area (Å²) in [4.78, 5) is 10.0. The molecule has 0 saturated heterocycles. The Morgan fingerprint density at radius 2 is 2.50 bits per heavy atom. The van der Waals surface area contributed by atoms with Crippen molar-refractivity contribution in [2.24, 2.45) is 0 Å². The van der Waals surface area contributed by atoms with Crippen molar-refractivity contribution in [2.45, 2.75) is 18.6 Å². The number of rotatable bonds is 5. The number of hydrogen-bond acceptors (Lipinski definition) is 2. The molecule has 0 radical (unpaired) electrons. The first kappa shape index (κ1) is 9.56.